The van der Waals surface area contributed by atoms with E-state index < -0.39 is 6.04 Å². The van der Waals surface area contributed by atoms with E-state index in [1.54, 1.807) is 12.1 Å². The third kappa shape index (κ3) is 5.01. The van der Waals surface area contributed by atoms with Gasteiger partial charge in [-0.1, -0.05) is 67.4 Å². The Kier molecular flexibility index (Phi) is 7.17. The van der Waals surface area contributed by atoms with Gasteiger partial charge in [-0.3, -0.25) is 9.89 Å². The van der Waals surface area contributed by atoms with Crippen LogP contribution in [0.3, 0.4) is 0 Å². The molecule has 1 unspecified atom stereocenters. The zero-order valence-electron chi connectivity index (χ0n) is 22.1. The van der Waals surface area contributed by atoms with E-state index in [9.17, 15) is 9.90 Å². The van der Waals surface area contributed by atoms with Crippen LogP contribution in [0.2, 0.25) is 5.02 Å². The van der Waals surface area contributed by atoms with Crippen molar-refractivity contribution < 1.29 is 14.6 Å². The molecule has 6 nitrogen and oxygen atoms in total. The molecule has 196 valence electrons. The SMILES string of the molecule is Cc1ccc(CN2C(=O)c3[nH]nc(-c4cc(Cl)c(C)cc4O)c3C2c2cccc(OCCC(C)C)c2)cc1. The molecule has 1 atom stereocenters. The highest BCUT2D eigenvalue weighted by Gasteiger charge is 2.42. The van der Waals surface area contributed by atoms with Crippen molar-refractivity contribution in [3.05, 3.63) is 99.2 Å². The van der Waals surface area contributed by atoms with E-state index in [2.05, 4.69) is 24.0 Å². The first kappa shape index (κ1) is 25.9. The average Bonchev–Trinajstić information content (AvgIpc) is 3.42. The van der Waals surface area contributed by atoms with Crippen LogP contribution in [0.25, 0.3) is 11.3 Å². The standard InChI is InChI=1S/C31H32ClN3O3/c1-18(2)12-13-38-23-7-5-6-22(15-23)30-27-28(24-16-25(32)20(4)14-26(24)36)33-34-29(27)31(37)35(30)17-21-10-8-19(3)9-11-21/h5-11,14-16,18,30,36H,12-13,17H2,1-4H3,(H,33,34). The number of nitrogens with one attached hydrogen (secondary N) is 1. The summed E-state index contributed by atoms with van der Waals surface area (Å²) in [5.41, 5.74) is 5.99. The molecule has 0 spiro atoms. The second-order valence-corrected chi connectivity index (χ2v) is 10.8. The summed E-state index contributed by atoms with van der Waals surface area (Å²) in [4.78, 5) is 15.6. The Morgan fingerprint density at radius 2 is 1.87 bits per heavy atom. The zero-order chi connectivity index (χ0) is 27.0. The fourth-order valence-electron chi connectivity index (χ4n) is 4.84. The molecule has 3 aromatic carbocycles. The molecule has 0 aliphatic carbocycles. The number of H-pyrrole nitrogens is 1. The van der Waals surface area contributed by atoms with Crippen LogP contribution in [0, 0.1) is 19.8 Å². The number of carbonyl (C=O) groups is 1. The normalized spacial score (nSPS) is 14.8. The van der Waals surface area contributed by atoms with Gasteiger partial charge in [-0.2, -0.15) is 5.10 Å². The van der Waals surface area contributed by atoms with Gasteiger partial charge in [0.05, 0.1) is 12.6 Å². The monoisotopic (exact) mass is 529 g/mol. The third-order valence-electron chi connectivity index (χ3n) is 7.01. The molecule has 1 aliphatic heterocycles. The predicted octanol–water partition coefficient (Wildman–Crippen LogP) is 7.22. The van der Waals surface area contributed by atoms with Gasteiger partial charge < -0.3 is 14.7 Å². The molecule has 0 fully saturated rings. The number of carbonyl (C=O) groups excluding carboxylic acids is 1. The Morgan fingerprint density at radius 3 is 2.61 bits per heavy atom. The maximum atomic E-state index is 13.8. The van der Waals surface area contributed by atoms with Crippen LogP contribution in [0.1, 0.15) is 64.6 Å². The number of phenolic OH excluding ortho intramolecular Hbond substituents is 1. The van der Waals surface area contributed by atoms with Gasteiger partial charge in [0.25, 0.3) is 5.91 Å². The molecule has 1 amide bonds. The van der Waals surface area contributed by atoms with Crippen LogP contribution in [-0.4, -0.2) is 32.7 Å². The fourth-order valence-corrected chi connectivity index (χ4v) is 5.01. The Hall–Kier alpha value is -3.77. The lowest BCUT2D eigenvalue weighted by molar-refractivity contribution is 0.0729. The Morgan fingerprint density at radius 1 is 1.11 bits per heavy atom. The summed E-state index contributed by atoms with van der Waals surface area (Å²) < 4.78 is 6.06. The first-order valence-electron chi connectivity index (χ1n) is 12.9. The first-order valence-corrected chi connectivity index (χ1v) is 13.3. The van der Waals surface area contributed by atoms with Gasteiger partial charge in [-0.15, -0.1) is 0 Å². The van der Waals surface area contributed by atoms with Crippen molar-refractivity contribution in [2.75, 3.05) is 6.61 Å². The summed E-state index contributed by atoms with van der Waals surface area (Å²) in [7, 11) is 0. The number of rotatable bonds is 8. The number of halogens is 1. The molecule has 4 aromatic rings. The van der Waals surface area contributed by atoms with Crippen LogP contribution in [-0.2, 0) is 6.54 Å². The molecule has 7 heteroatoms. The topological polar surface area (TPSA) is 78.5 Å². The van der Waals surface area contributed by atoms with Gasteiger partial charge in [0, 0.05) is 22.7 Å². The number of ether oxygens (including phenoxy) is 1. The Bertz CT molecular complexity index is 1480. The van der Waals surface area contributed by atoms with Gasteiger partial charge >= 0.3 is 0 Å². The number of hydrogen-bond acceptors (Lipinski definition) is 4. The number of hydrogen-bond donors (Lipinski definition) is 2. The van der Waals surface area contributed by atoms with E-state index in [4.69, 9.17) is 16.3 Å². The third-order valence-corrected chi connectivity index (χ3v) is 7.41. The highest BCUT2D eigenvalue weighted by Crippen LogP contribution is 2.46. The van der Waals surface area contributed by atoms with Crippen molar-refractivity contribution in [2.24, 2.45) is 5.92 Å². The summed E-state index contributed by atoms with van der Waals surface area (Å²) in [5, 5.41) is 18.8. The second-order valence-electron chi connectivity index (χ2n) is 10.4. The number of aromatic nitrogens is 2. The quantitative estimate of drug-likeness (QED) is 0.252. The zero-order valence-corrected chi connectivity index (χ0v) is 22.8. The molecule has 38 heavy (non-hydrogen) atoms. The van der Waals surface area contributed by atoms with Crippen LogP contribution < -0.4 is 4.74 Å². The number of phenols is 1. The van der Waals surface area contributed by atoms with E-state index in [0.717, 1.165) is 40.0 Å². The van der Waals surface area contributed by atoms with Crippen molar-refractivity contribution in [1.29, 1.82) is 0 Å². The fraction of sp³-hybridized carbons (Fsp3) is 0.290. The van der Waals surface area contributed by atoms with Crippen LogP contribution in [0.15, 0.2) is 60.7 Å². The smallest absolute Gasteiger partial charge is 0.273 e. The number of nitrogens with zero attached hydrogens (tertiary/aromatic N) is 2. The number of fused-ring (bicyclic) bond motifs is 1. The minimum atomic E-state index is -0.430. The summed E-state index contributed by atoms with van der Waals surface area (Å²) in [6.45, 7) is 9.26. The molecule has 2 N–H and O–H groups in total. The van der Waals surface area contributed by atoms with E-state index in [1.165, 1.54) is 0 Å². The average molecular weight is 530 g/mol. The molecule has 0 bridgehead atoms. The van der Waals surface area contributed by atoms with Gasteiger partial charge in [0.15, 0.2) is 0 Å². The number of aromatic amines is 1. The maximum absolute atomic E-state index is 13.8. The molecule has 1 aromatic heterocycles. The molecule has 2 heterocycles. The van der Waals surface area contributed by atoms with Crippen LogP contribution in [0.4, 0.5) is 0 Å². The minimum Gasteiger partial charge on any atom is -0.507 e. The van der Waals surface area contributed by atoms with Crippen molar-refractivity contribution in [2.45, 2.75) is 46.7 Å². The van der Waals surface area contributed by atoms with Gasteiger partial charge in [0.1, 0.15) is 22.9 Å². The van der Waals surface area contributed by atoms with Crippen molar-refractivity contribution >= 4 is 17.5 Å². The van der Waals surface area contributed by atoms with Crippen molar-refractivity contribution in [1.82, 2.24) is 15.1 Å². The highest BCUT2D eigenvalue weighted by atomic mass is 35.5. The van der Waals surface area contributed by atoms with E-state index in [1.807, 2.05) is 67.3 Å². The van der Waals surface area contributed by atoms with Crippen molar-refractivity contribution in [3.63, 3.8) is 0 Å². The summed E-state index contributed by atoms with van der Waals surface area (Å²) in [6.07, 6.45) is 0.954. The molecule has 0 saturated heterocycles. The molecule has 1 aliphatic rings. The Balaban J connectivity index is 1.60. The molecular weight excluding hydrogens is 498 g/mol. The number of aromatic hydroxyl groups is 1. The lowest BCUT2D eigenvalue weighted by Crippen LogP contribution is -2.29. The molecule has 0 radical (unpaired) electrons. The Labute approximate surface area is 228 Å². The van der Waals surface area contributed by atoms with Gasteiger partial charge in [0.2, 0.25) is 0 Å². The van der Waals surface area contributed by atoms with Crippen molar-refractivity contribution in [3.8, 4) is 22.8 Å². The predicted molar refractivity (Wildman–Crippen MR) is 150 cm³/mol. The first-order chi connectivity index (χ1) is 18.2. The summed E-state index contributed by atoms with van der Waals surface area (Å²) >= 11 is 6.43. The molecule has 0 saturated carbocycles. The van der Waals surface area contributed by atoms with Gasteiger partial charge in [-0.05, 0) is 67.1 Å². The van der Waals surface area contributed by atoms with Crippen LogP contribution in [0.5, 0.6) is 11.5 Å². The van der Waals surface area contributed by atoms with E-state index in [-0.39, 0.29) is 11.7 Å². The largest absolute Gasteiger partial charge is 0.507 e. The van der Waals surface area contributed by atoms with E-state index >= 15 is 0 Å². The lowest BCUT2D eigenvalue weighted by atomic mass is 9.95. The second kappa shape index (κ2) is 10.5. The maximum Gasteiger partial charge on any atom is 0.273 e. The molecule has 5 rings (SSSR count). The minimum absolute atomic E-state index is 0.0650. The lowest BCUT2D eigenvalue weighted by Gasteiger charge is -2.27. The number of amides is 1. The number of benzene rings is 3. The van der Waals surface area contributed by atoms with Gasteiger partial charge in [-0.25, -0.2) is 0 Å². The van der Waals surface area contributed by atoms with E-state index in [0.29, 0.717) is 41.0 Å². The molecular formula is C31H32ClN3O3. The van der Waals surface area contributed by atoms with Crippen LogP contribution >= 0.6 is 11.6 Å². The number of aryl methyl sites for hydroxylation is 2. The summed E-state index contributed by atoms with van der Waals surface area (Å²) in [5.74, 6) is 1.22. The summed E-state index contributed by atoms with van der Waals surface area (Å²) in [6, 6.07) is 19.0. The highest BCUT2D eigenvalue weighted by molar-refractivity contribution is 6.31.